The number of fused-ring (bicyclic) bond motifs is 3. The van der Waals surface area contributed by atoms with Crippen LogP contribution in [0, 0.1) is 0 Å². The van der Waals surface area contributed by atoms with Gasteiger partial charge in [0.1, 0.15) is 0 Å². The maximum absolute atomic E-state index is 12.6. The lowest BCUT2D eigenvalue weighted by atomic mass is 9.99. The number of rotatable bonds is 2. The van der Waals surface area contributed by atoms with Gasteiger partial charge in [0.05, 0.1) is 0 Å². The van der Waals surface area contributed by atoms with E-state index >= 15 is 0 Å². The van der Waals surface area contributed by atoms with E-state index in [1.54, 1.807) is 18.2 Å². The van der Waals surface area contributed by atoms with Crippen LogP contribution in [-0.4, -0.2) is 13.9 Å². The summed E-state index contributed by atoms with van der Waals surface area (Å²) in [6.45, 7) is 0. The molecule has 7 heteroatoms. The lowest BCUT2D eigenvalue weighted by molar-refractivity contribution is -0.0499. The van der Waals surface area contributed by atoms with E-state index < -0.39 is 15.6 Å². The van der Waals surface area contributed by atoms with E-state index in [0.717, 1.165) is 21.5 Å². The Balaban J connectivity index is 1.95. The van der Waals surface area contributed by atoms with Crippen molar-refractivity contribution in [1.29, 1.82) is 0 Å². The monoisotopic (exact) mass is 376 g/mol. The second kappa shape index (κ2) is 5.60. The lowest BCUT2D eigenvalue weighted by Gasteiger charge is -2.12. The minimum atomic E-state index is -5.73. The molecule has 4 rings (SSSR count). The zero-order valence-corrected chi connectivity index (χ0v) is 13.9. The molecule has 0 heterocycles. The van der Waals surface area contributed by atoms with Crippen LogP contribution in [0.2, 0.25) is 0 Å². The van der Waals surface area contributed by atoms with Gasteiger partial charge in [-0.15, -0.1) is 0 Å². The third kappa shape index (κ3) is 2.74. The average Bonchev–Trinajstić information content (AvgIpc) is 2.57. The summed E-state index contributed by atoms with van der Waals surface area (Å²) >= 11 is 0. The fourth-order valence-electron chi connectivity index (χ4n) is 2.93. The summed E-state index contributed by atoms with van der Waals surface area (Å²) in [6, 6.07) is 19.4. The van der Waals surface area contributed by atoms with Crippen LogP contribution < -0.4 is 4.18 Å². The first-order chi connectivity index (χ1) is 12.2. The van der Waals surface area contributed by atoms with Gasteiger partial charge in [-0.05, 0) is 57.3 Å². The van der Waals surface area contributed by atoms with Crippen LogP contribution in [0.4, 0.5) is 13.2 Å². The van der Waals surface area contributed by atoms with Crippen molar-refractivity contribution in [3.05, 3.63) is 66.7 Å². The highest BCUT2D eigenvalue weighted by Gasteiger charge is 2.48. The molecule has 0 atom stereocenters. The van der Waals surface area contributed by atoms with Crippen molar-refractivity contribution in [1.82, 2.24) is 0 Å². The van der Waals surface area contributed by atoms with Crippen LogP contribution in [-0.2, 0) is 10.1 Å². The SMILES string of the molecule is O=S(=O)(Oc1cccc2cc3cc4ccccc4cc3cc12)C(F)(F)F. The predicted octanol–water partition coefficient (Wildman–Crippen LogP) is 5.37. The molecule has 0 radical (unpaired) electrons. The minimum Gasteiger partial charge on any atom is -0.375 e. The van der Waals surface area contributed by atoms with Gasteiger partial charge in [0, 0.05) is 5.39 Å². The van der Waals surface area contributed by atoms with Gasteiger partial charge in [-0.2, -0.15) is 21.6 Å². The zero-order chi connectivity index (χ0) is 18.5. The smallest absolute Gasteiger partial charge is 0.375 e. The zero-order valence-electron chi connectivity index (χ0n) is 13.1. The Morgan fingerprint density at radius 2 is 1.23 bits per heavy atom. The van der Waals surface area contributed by atoms with E-state index in [0.29, 0.717) is 10.8 Å². The van der Waals surface area contributed by atoms with Gasteiger partial charge < -0.3 is 4.18 Å². The van der Waals surface area contributed by atoms with Crippen LogP contribution in [0.3, 0.4) is 0 Å². The molecule has 0 aliphatic rings. The molecular weight excluding hydrogens is 365 g/mol. The number of benzene rings is 4. The first-order valence-electron chi connectivity index (χ1n) is 7.61. The van der Waals surface area contributed by atoms with Crippen LogP contribution in [0.5, 0.6) is 5.75 Å². The molecule has 0 amide bonds. The Morgan fingerprint density at radius 1 is 0.692 bits per heavy atom. The summed E-state index contributed by atoms with van der Waals surface area (Å²) in [5.74, 6) is -0.352. The van der Waals surface area contributed by atoms with E-state index in [1.807, 2.05) is 36.4 Å². The number of alkyl halides is 3. The summed E-state index contributed by atoms with van der Waals surface area (Å²) in [5, 5.41) is 4.56. The van der Waals surface area contributed by atoms with Gasteiger partial charge in [0.2, 0.25) is 0 Å². The quantitative estimate of drug-likeness (QED) is 0.268. The standard InChI is InChI=1S/C19H11F3O3S/c20-19(21,22)26(23,24)25-18-7-3-6-14-10-15-8-12-4-1-2-5-13(12)9-16(15)11-17(14)18/h1-11H. The summed E-state index contributed by atoms with van der Waals surface area (Å²) in [6.07, 6.45) is 0. The molecule has 0 saturated carbocycles. The summed E-state index contributed by atoms with van der Waals surface area (Å²) in [7, 11) is -5.73. The molecule has 0 bridgehead atoms. The molecule has 0 aromatic heterocycles. The third-order valence-electron chi connectivity index (χ3n) is 4.15. The molecule has 132 valence electrons. The molecular formula is C19H11F3O3S. The Labute approximate surface area is 146 Å². The molecule has 3 nitrogen and oxygen atoms in total. The van der Waals surface area contributed by atoms with Crippen molar-refractivity contribution < 1.29 is 25.8 Å². The van der Waals surface area contributed by atoms with Crippen LogP contribution >= 0.6 is 0 Å². The number of hydrogen-bond acceptors (Lipinski definition) is 3. The van der Waals surface area contributed by atoms with Crippen LogP contribution in [0.15, 0.2) is 66.7 Å². The number of halogens is 3. The predicted molar refractivity (Wildman–Crippen MR) is 94.6 cm³/mol. The van der Waals surface area contributed by atoms with Gasteiger partial charge in [-0.25, -0.2) is 0 Å². The Kier molecular flexibility index (Phi) is 3.59. The Bertz CT molecular complexity index is 1260. The van der Waals surface area contributed by atoms with Crippen molar-refractivity contribution >= 4 is 42.4 Å². The normalized spacial score (nSPS) is 12.7. The van der Waals surface area contributed by atoms with Crippen LogP contribution in [0.1, 0.15) is 0 Å². The maximum Gasteiger partial charge on any atom is 0.534 e. The molecule has 0 spiro atoms. The lowest BCUT2D eigenvalue weighted by Crippen LogP contribution is -2.28. The molecule has 26 heavy (non-hydrogen) atoms. The van der Waals surface area contributed by atoms with E-state index in [-0.39, 0.29) is 5.75 Å². The van der Waals surface area contributed by atoms with E-state index in [9.17, 15) is 21.6 Å². The van der Waals surface area contributed by atoms with E-state index in [2.05, 4.69) is 4.18 Å². The molecule has 0 saturated heterocycles. The Morgan fingerprint density at radius 3 is 1.85 bits per heavy atom. The van der Waals surface area contributed by atoms with Gasteiger partial charge in [-0.3, -0.25) is 0 Å². The van der Waals surface area contributed by atoms with Crippen LogP contribution in [0.25, 0.3) is 32.3 Å². The fraction of sp³-hybridized carbons (Fsp3) is 0.0526. The van der Waals surface area contributed by atoms with E-state index in [1.165, 1.54) is 12.1 Å². The topological polar surface area (TPSA) is 43.4 Å². The minimum absolute atomic E-state index is 0.295. The molecule has 0 aliphatic heterocycles. The summed E-state index contributed by atoms with van der Waals surface area (Å²) < 4.78 is 65.0. The largest absolute Gasteiger partial charge is 0.534 e. The van der Waals surface area contributed by atoms with Crippen molar-refractivity contribution in [3.63, 3.8) is 0 Å². The van der Waals surface area contributed by atoms with Crippen molar-refractivity contribution in [2.45, 2.75) is 5.51 Å². The van der Waals surface area contributed by atoms with Gasteiger partial charge >= 0.3 is 15.6 Å². The maximum atomic E-state index is 12.6. The average molecular weight is 376 g/mol. The first kappa shape index (κ1) is 16.7. The fourth-order valence-corrected chi connectivity index (χ4v) is 3.40. The third-order valence-corrected chi connectivity index (χ3v) is 5.11. The second-order valence-electron chi connectivity index (χ2n) is 5.86. The molecule has 0 fully saturated rings. The second-order valence-corrected chi connectivity index (χ2v) is 7.40. The van der Waals surface area contributed by atoms with E-state index in [4.69, 9.17) is 0 Å². The van der Waals surface area contributed by atoms with Gasteiger partial charge in [0.15, 0.2) is 5.75 Å². The Hall–Kier alpha value is -2.80. The highest BCUT2D eigenvalue weighted by Crippen LogP contribution is 2.35. The molecule has 4 aromatic carbocycles. The molecule has 4 aromatic rings. The number of hydrogen-bond donors (Lipinski definition) is 0. The molecule has 0 N–H and O–H groups in total. The van der Waals surface area contributed by atoms with Gasteiger partial charge in [0.25, 0.3) is 0 Å². The van der Waals surface area contributed by atoms with Crippen molar-refractivity contribution in [3.8, 4) is 5.75 Å². The molecule has 0 aliphatic carbocycles. The van der Waals surface area contributed by atoms with Crippen molar-refractivity contribution in [2.75, 3.05) is 0 Å². The summed E-state index contributed by atoms with van der Waals surface area (Å²) in [4.78, 5) is 0. The first-order valence-corrected chi connectivity index (χ1v) is 9.01. The summed E-state index contributed by atoms with van der Waals surface area (Å²) in [5.41, 5.74) is -5.48. The molecule has 0 unspecified atom stereocenters. The highest BCUT2D eigenvalue weighted by atomic mass is 32.2. The highest BCUT2D eigenvalue weighted by molar-refractivity contribution is 7.88. The van der Waals surface area contributed by atoms with Crippen molar-refractivity contribution in [2.24, 2.45) is 0 Å². The van der Waals surface area contributed by atoms with Gasteiger partial charge in [-0.1, -0.05) is 36.4 Å².